The Bertz CT molecular complexity index is 243. The normalized spacial score (nSPS) is 15.6. The number of carbonyl (C=O) groups excluding carboxylic acids is 2. The fourth-order valence-corrected chi connectivity index (χ4v) is 1.55. The van der Waals surface area contributed by atoms with Crippen LogP contribution in [0.3, 0.4) is 0 Å². The highest BCUT2D eigenvalue weighted by Gasteiger charge is 2.19. The van der Waals surface area contributed by atoms with E-state index in [1.807, 2.05) is 6.92 Å². The van der Waals surface area contributed by atoms with Crippen LogP contribution in [0.15, 0.2) is 0 Å². The number of esters is 2. The molecule has 0 radical (unpaired) electrons. The zero-order chi connectivity index (χ0) is 14.1. The van der Waals surface area contributed by atoms with E-state index in [9.17, 15) is 9.59 Å². The van der Waals surface area contributed by atoms with Crippen molar-refractivity contribution in [1.29, 1.82) is 0 Å². The minimum absolute atomic E-state index is 0.0760. The van der Waals surface area contributed by atoms with Gasteiger partial charge in [0.05, 0.1) is 12.8 Å². The third kappa shape index (κ3) is 9.65. The molecule has 0 saturated heterocycles. The van der Waals surface area contributed by atoms with Crippen LogP contribution in [-0.4, -0.2) is 28.7 Å². The molecule has 0 heterocycles. The maximum atomic E-state index is 11.5. The van der Waals surface area contributed by atoms with E-state index in [2.05, 4.69) is 25.3 Å². The Kier molecular flexibility index (Phi) is 9.36. The first-order chi connectivity index (χ1) is 8.35. The molecular weight excluding hydrogens is 272 g/mol. The monoisotopic (exact) mass is 294 g/mol. The zero-order valence-corrected chi connectivity index (χ0v) is 12.9. The summed E-state index contributed by atoms with van der Waals surface area (Å²) in [5, 5.41) is -0.152. The van der Waals surface area contributed by atoms with Gasteiger partial charge in [-0.25, -0.2) is 0 Å². The van der Waals surface area contributed by atoms with Crippen molar-refractivity contribution in [3.8, 4) is 0 Å². The molecule has 0 N–H and O–H groups in total. The lowest BCUT2D eigenvalue weighted by molar-refractivity contribution is -0.188. The molecular formula is C12H22O4S2. The van der Waals surface area contributed by atoms with Gasteiger partial charge in [-0.1, -0.05) is 20.8 Å². The van der Waals surface area contributed by atoms with Crippen LogP contribution in [-0.2, 0) is 19.1 Å². The number of hydrogen-bond donors (Lipinski definition) is 2. The van der Waals surface area contributed by atoms with Gasteiger partial charge in [0.15, 0.2) is 0 Å². The summed E-state index contributed by atoms with van der Waals surface area (Å²) in [7, 11) is 0. The second-order valence-electron chi connectivity index (χ2n) is 4.30. The molecule has 106 valence electrons. The highest BCUT2D eigenvalue weighted by atomic mass is 32.1. The number of ether oxygens (including phenoxy) is 2. The van der Waals surface area contributed by atoms with E-state index < -0.39 is 18.2 Å². The third-order valence-electron chi connectivity index (χ3n) is 1.97. The van der Waals surface area contributed by atoms with Crippen LogP contribution in [0.25, 0.3) is 0 Å². The van der Waals surface area contributed by atoms with Crippen molar-refractivity contribution < 1.29 is 19.1 Å². The quantitative estimate of drug-likeness (QED) is 0.410. The molecule has 2 unspecified atom stereocenters. The highest BCUT2D eigenvalue weighted by molar-refractivity contribution is 7.81. The minimum atomic E-state index is -0.797. The lowest BCUT2D eigenvalue weighted by Gasteiger charge is -2.18. The molecule has 0 fully saturated rings. The van der Waals surface area contributed by atoms with Crippen molar-refractivity contribution in [3.63, 3.8) is 0 Å². The Morgan fingerprint density at radius 2 is 1.39 bits per heavy atom. The molecule has 0 spiro atoms. The topological polar surface area (TPSA) is 52.6 Å². The highest BCUT2D eigenvalue weighted by Crippen LogP contribution is 2.11. The molecule has 0 bridgehead atoms. The van der Waals surface area contributed by atoms with Crippen LogP contribution in [0, 0.1) is 0 Å². The van der Waals surface area contributed by atoms with E-state index in [4.69, 9.17) is 9.47 Å². The summed E-state index contributed by atoms with van der Waals surface area (Å²) >= 11 is 8.22. The standard InChI is InChI=1S/C12H22O4S2/c1-4-5-12(15-10(13)6-8(2)17)16-11(14)7-9(3)18/h8-9,12,17-18H,4-7H2,1-3H3. The molecule has 0 aromatic heterocycles. The maximum absolute atomic E-state index is 11.5. The molecule has 0 rings (SSSR count). The van der Waals surface area contributed by atoms with Gasteiger partial charge >= 0.3 is 11.9 Å². The maximum Gasteiger partial charge on any atom is 0.309 e. The Morgan fingerprint density at radius 1 is 1.00 bits per heavy atom. The zero-order valence-electron chi connectivity index (χ0n) is 11.1. The molecule has 0 aliphatic carbocycles. The van der Waals surface area contributed by atoms with Crippen LogP contribution >= 0.6 is 25.3 Å². The average molecular weight is 294 g/mol. The SMILES string of the molecule is CCCC(OC(=O)CC(C)S)OC(=O)CC(C)S. The van der Waals surface area contributed by atoms with Gasteiger partial charge in [-0.15, -0.1) is 0 Å². The van der Waals surface area contributed by atoms with Crippen LogP contribution in [0.2, 0.25) is 0 Å². The summed E-state index contributed by atoms with van der Waals surface area (Å²) in [6, 6.07) is 0. The summed E-state index contributed by atoms with van der Waals surface area (Å²) in [6.07, 6.45) is 0.861. The van der Waals surface area contributed by atoms with Gasteiger partial charge in [0.1, 0.15) is 0 Å². The van der Waals surface area contributed by atoms with Crippen molar-refractivity contribution in [1.82, 2.24) is 0 Å². The molecule has 4 nitrogen and oxygen atoms in total. The molecule has 0 aliphatic heterocycles. The number of hydrogen-bond acceptors (Lipinski definition) is 6. The molecule has 0 aliphatic rings. The Hall–Kier alpha value is -0.360. The number of thiol groups is 2. The Balaban J connectivity index is 4.21. The van der Waals surface area contributed by atoms with Crippen LogP contribution in [0.4, 0.5) is 0 Å². The van der Waals surface area contributed by atoms with E-state index in [-0.39, 0.29) is 23.3 Å². The number of carbonyl (C=O) groups is 2. The smallest absolute Gasteiger partial charge is 0.309 e. The van der Waals surface area contributed by atoms with E-state index in [0.29, 0.717) is 6.42 Å². The predicted octanol–water partition coefficient (Wildman–Crippen LogP) is 2.62. The predicted molar refractivity (Wildman–Crippen MR) is 77.0 cm³/mol. The molecule has 0 saturated carbocycles. The lowest BCUT2D eigenvalue weighted by atomic mass is 10.3. The van der Waals surface area contributed by atoms with E-state index in [1.54, 1.807) is 13.8 Å². The molecule has 18 heavy (non-hydrogen) atoms. The van der Waals surface area contributed by atoms with Gasteiger partial charge in [-0.05, 0) is 6.42 Å². The van der Waals surface area contributed by atoms with Gasteiger partial charge in [0.25, 0.3) is 0 Å². The summed E-state index contributed by atoms with van der Waals surface area (Å²) in [5.74, 6) is -0.801. The van der Waals surface area contributed by atoms with Crippen molar-refractivity contribution >= 4 is 37.2 Å². The van der Waals surface area contributed by atoms with Crippen molar-refractivity contribution in [3.05, 3.63) is 0 Å². The first kappa shape index (κ1) is 17.6. The summed E-state index contributed by atoms with van der Waals surface area (Å²) in [4.78, 5) is 22.9. The molecule has 2 atom stereocenters. The van der Waals surface area contributed by atoms with E-state index in [0.717, 1.165) is 6.42 Å². The second kappa shape index (κ2) is 9.55. The van der Waals surface area contributed by atoms with Gasteiger partial charge in [-0.3, -0.25) is 9.59 Å². The van der Waals surface area contributed by atoms with Gasteiger partial charge in [0, 0.05) is 16.9 Å². The fraction of sp³-hybridized carbons (Fsp3) is 0.833. The largest absolute Gasteiger partial charge is 0.425 e. The third-order valence-corrected chi connectivity index (χ3v) is 2.34. The first-order valence-corrected chi connectivity index (χ1v) is 7.13. The molecule has 0 aromatic rings. The number of rotatable bonds is 8. The molecule has 0 amide bonds. The summed E-state index contributed by atoms with van der Waals surface area (Å²) < 4.78 is 10.2. The van der Waals surface area contributed by atoms with Gasteiger partial charge in [-0.2, -0.15) is 25.3 Å². The van der Waals surface area contributed by atoms with E-state index >= 15 is 0 Å². The van der Waals surface area contributed by atoms with Crippen LogP contribution in [0.1, 0.15) is 46.5 Å². The first-order valence-electron chi connectivity index (χ1n) is 6.10. The Labute approximate surface area is 120 Å². The summed E-state index contributed by atoms with van der Waals surface area (Å²) in [5.41, 5.74) is 0. The van der Waals surface area contributed by atoms with Gasteiger partial charge in [0.2, 0.25) is 6.29 Å². The van der Waals surface area contributed by atoms with Crippen molar-refractivity contribution in [2.45, 2.75) is 63.2 Å². The minimum Gasteiger partial charge on any atom is -0.425 e. The van der Waals surface area contributed by atoms with Crippen molar-refractivity contribution in [2.24, 2.45) is 0 Å². The van der Waals surface area contributed by atoms with Gasteiger partial charge < -0.3 is 9.47 Å². The van der Waals surface area contributed by atoms with Crippen LogP contribution in [0.5, 0.6) is 0 Å². The Morgan fingerprint density at radius 3 is 1.67 bits per heavy atom. The fourth-order valence-electron chi connectivity index (χ4n) is 1.25. The van der Waals surface area contributed by atoms with Crippen molar-refractivity contribution in [2.75, 3.05) is 0 Å². The average Bonchev–Trinajstić information content (AvgIpc) is 2.14. The molecule has 0 aromatic carbocycles. The summed E-state index contributed by atoms with van der Waals surface area (Å²) in [6.45, 7) is 5.53. The van der Waals surface area contributed by atoms with E-state index in [1.165, 1.54) is 0 Å². The molecule has 6 heteroatoms. The van der Waals surface area contributed by atoms with Crippen LogP contribution < -0.4 is 0 Å². The second-order valence-corrected chi connectivity index (χ2v) is 6.07. The lowest BCUT2D eigenvalue weighted by Crippen LogP contribution is -2.26.